The molecule has 1 saturated carbocycles. The first kappa shape index (κ1) is 28.9. The summed E-state index contributed by atoms with van der Waals surface area (Å²) in [5.41, 5.74) is 0.457. The molecule has 1 aliphatic heterocycles. The molecule has 1 aliphatic carbocycles. The van der Waals surface area contributed by atoms with E-state index in [1.54, 1.807) is 13.8 Å². The normalized spacial score (nSPS) is 17.9. The monoisotopic (exact) mass is 564 g/mol. The number of nitrogens with one attached hydrogen (secondary N) is 1. The molecule has 0 spiro atoms. The number of benzene rings is 1. The first-order chi connectivity index (χ1) is 18.0. The average molecular weight is 565 g/mol. The average Bonchev–Trinajstić information content (AvgIpc) is 3.65. The minimum Gasteiger partial charge on any atom is -0.383 e. The van der Waals surface area contributed by atoms with Crippen molar-refractivity contribution in [3.05, 3.63) is 35.0 Å². The quantitative estimate of drug-likeness (QED) is 0.375. The fraction of sp³-hybridized carbons (Fsp3) is 0.593. The first-order valence-electron chi connectivity index (χ1n) is 13.4. The minimum atomic E-state index is -1.24. The van der Waals surface area contributed by atoms with Gasteiger partial charge in [-0.3, -0.25) is 0 Å². The summed E-state index contributed by atoms with van der Waals surface area (Å²) in [6.45, 7) is 12.7. The van der Waals surface area contributed by atoms with E-state index in [0.29, 0.717) is 38.8 Å². The number of nitrogens with zero attached hydrogens (tertiary/aromatic N) is 5. The van der Waals surface area contributed by atoms with Crippen molar-refractivity contribution < 1.29 is 13.7 Å². The second-order valence-corrected chi connectivity index (χ2v) is 12.6. The Hall–Kier alpha value is -2.14. The van der Waals surface area contributed by atoms with Gasteiger partial charge in [0.25, 0.3) is 0 Å². The molecule has 5 rings (SSSR count). The lowest BCUT2D eigenvalue weighted by molar-refractivity contribution is 0.0641. The molecule has 1 aromatic carbocycles. The SMILES string of the molecule is CC.CC(C)n1c(C(C)(C)O)nc2c(F)cc(-c3nc(NC4CCN(S(=O)C5CC5)CC4)ncc3Cl)cc21. The molecular formula is C27H38ClFN6O2S. The highest BCUT2D eigenvalue weighted by molar-refractivity contribution is 7.83. The first-order valence-corrected chi connectivity index (χ1v) is 15.0. The fourth-order valence-corrected chi connectivity index (χ4v) is 6.46. The van der Waals surface area contributed by atoms with Crippen molar-refractivity contribution >= 4 is 39.6 Å². The maximum Gasteiger partial charge on any atom is 0.223 e. The van der Waals surface area contributed by atoms with Crippen LogP contribution in [0.15, 0.2) is 18.3 Å². The van der Waals surface area contributed by atoms with Crippen LogP contribution in [-0.4, -0.2) is 57.5 Å². The number of hydrogen-bond donors (Lipinski definition) is 2. The van der Waals surface area contributed by atoms with Crippen LogP contribution in [0.4, 0.5) is 10.3 Å². The van der Waals surface area contributed by atoms with Crippen LogP contribution >= 0.6 is 11.6 Å². The summed E-state index contributed by atoms with van der Waals surface area (Å²) >= 11 is 6.47. The van der Waals surface area contributed by atoms with E-state index in [9.17, 15) is 9.32 Å². The predicted molar refractivity (Wildman–Crippen MR) is 152 cm³/mol. The topological polar surface area (TPSA) is 96.2 Å². The van der Waals surface area contributed by atoms with Gasteiger partial charge in [-0.25, -0.2) is 27.9 Å². The number of piperidine rings is 1. The van der Waals surface area contributed by atoms with Gasteiger partial charge in [0.2, 0.25) is 5.95 Å². The van der Waals surface area contributed by atoms with Crippen molar-refractivity contribution in [2.75, 3.05) is 18.4 Å². The molecule has 0 amide bonds. The fourth-order valence-electron chi connectivity index (χ4n) is 4.73. The summed E-state index contributed by atoms with van der Waals surface area (Å²) in [6.07, 6.45) is 5.33. The molecule has 2 N–H and O–H groups in total. The lowest BCUT2D eigenvalue weighted by atomic mass is 10.1. The Morgan fingerprint density at radius 3 is 2.39 bits per heavy atom. The molecular weight excluding hydrogens is 527 g/mol. The van der Waals surface area contributed by atoms with Crippen molar-refractivity contribution in [2.45, 2.75) is 90.2 Å². The molecule has 2 aliphatic rings. The number of halogens is 2. The predicted octanol–water partition coefficient (Wildman–Crippen LogP) is 5.82. The molecule has 1 saturated heterocycles. The Balaban J connectivity index is 0.00000164. The number of hydrogen-bond acceptors (Lipinski definition) is 6. The van der Waals surface area contributed by atoms with Gasteiger partial charge in [-0.05, 0) is 65.5 Å². The third kappa shape index (κ3) is 6.03. The molecule has 2 fully saturated rings. The van der Waals surface area contributed by atoms with E-state index < -0.39 is 22.4 Å². The number of anilines is 1. The van der Waals surface area contributed by atoms with Crippen LogP contribution in [-0.2, 0) is 16.6 Å². The van der Waals surface area contributed by atoms with Crippen molar-refractivity contribution in [1.29, 1.82) is 0 Å². The van der Waals surface area contributed by atoms with Gasteiger partial charge in [0.15, 0.2) is 5.82 Å². The van der Waals surface area contributed by atoms with Crippen molar-refractivity contribution in [1.82, 2.24) is 23.8 Å². The smallest absolute Gasteiger partial charge is 0.223 e. The zero-order chi connectivity index (χ0) is 27.8. The standard InChI is InChI=1S/C25H32ClFN6O2S.C2H6/c1-14(2)33-20-12-15(11-19(27)22(20)30-23(33)25(3,4)34)21-18(26)13-28-24(31-21)29-16-7-9-32(10-8-16)36(35)17-5-6-17;1-2/h11-14,16-17,34H,5-10H2,1-4H3,(H,28,29,31);1-2H3. The lowest BCUT2D eigenvalue weighted by Gasteiger charge is -2.31. The maximum absolute atomic E-state index is 15.3. The summed E-state index contributed by atoms with van der Waals surface area (Å²) in [4.78, 5) is 13.4. The largest absolute Gasteiger partial charge is 0.383 e. The van der Waals surface area contributed by atoms with Crippen LogP contribution in [0.25, 0.3) is 22.3 Å². The number of rotatable bonds is 7. The van der Waals surface area contributed by atoms with Gasteiger partial charge < -0.3 is 15.0 Å². The Labute approximate surface area is 231 Å². The molecule has 3 heterocycles. The van der Waals surface area contributed by atoms with Crippen LogP contribution in [0.3, 0.4) is 0 Å². The van der Waals surface area contributed by atoms with E-state index in [1.165, 1.54) is 12.3 Å². The maximum atomic E-state index is 15.3. The third-order valence-electron chi connectivity index (χ3n) is 6.68. The van der Waals surface area contributed by atoms with Gasteiger partial charge in [-0.1, -0.05) is 25.4 Å². The number of aromatic nitrogens is 4. The lowest BCUT2D eigenvalue weighted by Crippen LogP contribution is -2.41. The van der Waals surface area contributed by atoms with E-state index in [-0.39, 0.29) is 17.6 Å². The van der Waals surface area contributed by atoms with E-state index in [1.807, 2.05) is 38.3 Å². The van der Waals surface area contributed by atoms with Gasteiger partial charge in [0.1, 0.15) is 16.9 Å². The molecule has 2 aromatic heterocycles. The van der Waals surface area contributed by atoms with Gasteiger partial charge in [-0.2, -0.15) is 0 Å². The summed E-state index contributed by atoms with van der Waals surface area (Å²) in [7, 11) is -0.865. The van der Waals surface area contributed by atoms with E-state index in [4.69, 9.17) is 11.6 Å². The molecule has 1 atom stereocenters. The molecule has 1 unspecified atom stereocenters. The van der Waals surface area contributed by atoms with Crippen LogP contribution in [0.5, 0.6) is 0 Å². The number of aliphatic hydroxyl groups is 1. The summed E-state index contributed by atoms with van der Waals surface area (Å²) in [5, 5.41) is 14.7. The Morgan fingerprint density at radius 1 is 1.16 bits per heavy atom. The zero-order valence-corrected chi connectivity index (χ0v) is 24.5. The highest BCUT2D eigenvalue weighted by Crippen LogP contribution is 2.35. The Kier molecular flexibility index (Phi) is 8.76. The van der Waals surface area contributed by atoms with Crippen LogP contribution in [0.1, 0.15) is 79.1 Å². The molecule has 8 nitrogen and oxygen atoms in total. The van der Waals surface area contributed by atoms with Gasteiger partial charge in [0, 0.05) is 36.0 Å². The second-order valence-electron chi connectivity index (χ2n) is 10.5. The summed E-state index contributed by atoms with van der Waals surface area (Å²) < 4.78 is 31.6. The highest BCUT2D eigenvalue weighted by atomic mass is 35.5. The summed E-state index contributed by atoms with van der Waals surface area (Å²) in [5.74, 6) is 0.312. The molecule has 0 radical (unpaired) electrons. The summed E-state index contributed by atoms with van der Waals surface area (Å²) in [6, 6.07) is 3.29. The Bertz CT molecular complexity index is 1310. The zero-order valence-electron chi connectivity index (χ0n) is 23.0. The van der Waals surface area contributed by atoms with Crippen molar-refractivity contribution in [3.8, 4) is 11.3 Å². The number of fused-ring (bicyclic) bond motifs is 1. The molecule has 208 valence electrons. The molecule has 11 heteroatoms. The van der Waals surface area contributed by atoms with Gasteiger partial charge in [-0.15, -0.1) is 0 Å². The van der Waals surface area contributed by atoms with Crippen molar-refractivity contribution in [2.24, 2.45) is 0 Å². The molecule has 3 aromatic rings. The van der Waals surface area contributed by atoms with E-state index in [2.05, 4.69) is 24.6 Å². The second kappa shape index (κ2) is 11.5. The molecule has 38 heavy (non-hydrogen) atoms. The van der Waals surface area contributed by atoms with E-state index >= 15 is 4.39 Å². The van der Waals surface area contributed by atoms with E-state index in [0.717, 1.165) is 38.8 Å². The Morgan fingerprint density at radius 2 is 1.82 bits per heavy atom. The highest BCUT2D eigenvalue weighted by Gasteiger charge is 2.34. The van der Waals surface area contributed by atoms with Crippen LogP contribution in [0.2, 0.25) is 5.02 Å². The minimum absolute atomic E-state index is 0.0516. The van der Waals surface area contributed by atoms with Gasteiger partial charge >= 0.3 is 0 Å². The number of imidazole rings is 1. The molecule has 0 bridgehead atoms. The van der Waals surface area contributed by atoms with Crippen molar-refractivity contribution in [3.63, 3.8) is 0 Å². The third-order valence-corrected chi connectivity index (χ3v) is 8.87. The van der Waals surface area contributed by atoms with Crippen LogP contribution < -0.4 is 5.32 Å². The van der Waals surface area contributed by atoms with Crippen LogP contribution in [0, 0.1) is 5.82 Å². The van der Waals surface area contributed by atoms with Gasteiger partial charge in [0.05, 0.1) is 33.4 Å².